The minimum Gasteiger partial charge on any atom is -0.481 e. The van der Waals surface area contributed by atoms with Crippen molar-refractivity contribution in [2.24, 2.45) is 5.92 Å². The molecule has 1 fully saturated rings. The number of piperidine rings is 1. The molecule has 1 aromatic heterocycles. The molecule has 1 aliphatic rings. The van der Waals surface area contributed by atoms with Crippen LogP contribution in [0, 0.1) is 19.8 Å². The summed E-state index contributed by atoms with van der Waals surface area (Å²) in [6.45, 7) is 6.08. The number of nitrogens with zero attached hydrogens (tertiary/aromatic N) is 2. The number of carboxylic acids is 1. The second-order valence-electron chi connectivity index (χ2n) is 6.03. The van der Waals surface area contributed by atoms with Crippen LogP contribution >= 0.6 is 0 Å². The molecule has 2 atom stereocenters. The van der Waals surface area contributed by atoms with Gasteiger partial charge in [0, 0.05) is 31.1 Å². The van der Waals surface area contributed by atoms with Gasteiger partial charge < -0.3 is 9.63 Å². The molecule has 1 aromatic rings. The Morgan fingerprint density at radius 1 is 1.52 bits per heavy atom. The van der Waals surface area contributed by atoms with E-state index in [0.717, 1.165) is 11.3 Å². The Morgan fingerprint density at radius 2 is 2.22 bits per heavy atom. The molecule has 0 amide bonds. The highest BCUT2D eigenvalue weighted by Gasteiger charge is 2.32. The fourth-order valence-electron chi connectivity index (χ4n) is 2.98. The van der Waals surface area contributed by atoms with E-state index < -0.39 is 22.1 Å². The molecular weight excluding hydrogens is 322 g/mol. The standard InChI is InChI=1S/C14H23N3O5S/c1-9(13-10(2)16-22-11(13)3)7-15-23(20,21)17-6-4-5-12(8-17)14(18)19/h9,12,15H,4-8H2,1-3H3,(H,18,19). The van der Waals surface area contributed by atoms with Crippen molar-refractivity contribution >= 4 is 16.2 Å². The molecular formula is C14H23N3O5S. The molecule has 0 aromatic carbocycles. The summed E-state index contributed by atoms with van der Waals surface area (Å²) in [5.74, 6) is -0.997. The van der Waals surface area contributed by atoms with Crippen molar-refractivity contribution < 1.29 is 22.8 Å². The number of aryl methyl sites for hydroxylation is 2. The first-order valence-corrected chi connectivity index (χ1v) is 9.06. The first-order chi connectivity index (χ1) is 10.7. The van der Waals surface area contributed by atoms with E-state index in [0.29, 0.717) is 25.1 Å². The number of hydrogen-bond donors (Lipinski definition) is 2. The SMILES string of the molecule is Cc1noc(C)c1C(C)CNS(=O)(=O)N1CCCC(C(=O)O)C1. The van der Waals surface area contributed by atoms with Gasteiger partial charge in [0.05, 0.1) is 11.6 Å². The number of nitrogens with one attached hydrogen (secondary N) is 1. The second-order valence-corrected chi connectivity index (χ2v) is 7.78. The molecule has 23 heavy (non-hydrogen) atoms. The quantitative estimate of drug-likeness (QED) is 0.796. The van der Waals surface area contributed by atoms with Crippen LogP contribution in [-0.2, 0) is 15.0 Å². The minimum atomic E-state index is -3.69. The summed E-state index contributed by atoms with van der Waals surface area (Å²) in [4.78, 5) is 11.1. The van der Waals surface area contributed by atoms with Crippen LogP contribution in [0.3, 0.4) is 0 Å². The number of rotatable bonds is 6. The van der Waals surface area contributed by atoms with Gasteiger partial charge in [0.2, 0.25) is 0 Å². The summed E-state index contributed by atoms with van der Waals surface area (Å²) >= 11 is 0. The van der Waals surface area contributed by atoms with Gasteiger partial charge in [-0.25, -0.2) is 4.72 Å². The number of carbonyl (C=O) groups is 1. The van der Waals surface area contributed by atoms with Crippen LogP contribution < -0.4 is 4.72 Å². The van der Waals surface area contributed by atoms with Crippen molar-refractivity contribution in [3.63, 3.8) is 0 Å². The molecule has 2 N–H and O–H groups in total. The van der Waals surface area contributed by atoms with Crippen LogP contribution in [-0.4, -0.2) is 48.6 Å². The third-order valence-electron chi connectivity index (χ3n) is 4.23. The lowest BCUT2D eigenvalue weighted by Crippen LogP contribution is -2.48. The van der Waals surface area contributed by atoms with Gasteiger partial charge >= 0.3 is 5.97 Å². The van der Waals surface area contributed by atoms with Crippen molar-refractivity contribution in [2.45, 2.75) is 39.5 Å². The zero-order valence-corrected chi connectivity index (χ0v) is 14.4. The van der Waals surface area contributed by atoms with Crippen molar-refractivity contribution in [2.75, 3.05) is 19.6 Å². The van der Waals surface area contributed by atoms with Crippen molar-refractivity contribution in [1.82, 2.24) is 14.2 Å². The molecule has 1 aliphatic heterocycles. The van der Waals surface area contributed by atoms with E-state index in [2.05, 4.69) is 9.88 Å². The van der Waals surface area contributed by atoms with Crippen molar-refractivity contribution in [1.29, 1.82) is 0 Å². The van der Waals surface area contributed by atoms with Gasteiger partial charge in [0.15, 0.2) is 0 Å². The van der Waals surface area contributed by atoms with Crippen molar-refractivity contribution in [3.8, 4) is 0 Å². The Labute approximate surface area is 136 Å². The molecule has 2 unspecified atom stereocenters. The summed E-state index contributed by atoms with van der Waals surface area (Å²) in [7, 11) is -3.69. The first kappa shape index (κ1) is 17.9. The highest BCUT2D eigenvalue weighted by molar-refractivity contribution is 7.87. The highest BCUT2D eigenvalue weighted by Crippen LogP contribution is 2.23. The Morgan fingerprint density at radius 3 is 2.78 bits per heavy atom. The summed E-state index contributed by atoms with van der Waals surface area (Å²) in [5.41, 5.74) is 1.65. The third-order valence-corrected chi connectivity index (χ3v) is 5.77. The summed E-state index contributed by atoms with van der Waals surface area (Å²) in [6.07, 6.45) is 1.06. The Bertz CT molecular complexity index is 650. The molecule has 0 radical (unpaired) electrons. The zero-order chi connectivity index (χ0) is 17.2. The fraction of sp³-hybridized carbons (Fsp3) is 0.714. The van der Waals surface area contributed by atoms with Gasteiger partial charge in [-0.1, -0.05) is 12.1 Å². The third kappa shape index (κ3) is 4.10. The average molecular weight is 345 g/mol. The summed E-state index contributed by atoms with van der Waals surface area (Å²) in [6, 6.07) is 0. The molecule has 2 heterocycles. The van der Waals surface area contributed by atoms with Crippen LogP contribution in [0.5, 0.6) is 0 Å². The lowest BCUT2D eigenvalue weighted by molar-refractivity contribution is -0.142. The fourth-order valence-corrected chi connectivity index (χ4v) is 4.37. The predicted molar refractivity (Wildman–Crippen MR) is 83.2 cm³/mol. The van der Waals surface area contributed by atoms with E-state index in [1.807, 2.05) is 13.8 Å². The van der Waals surface area contributed by atoms with Gasteiger partial charge in [-0.3, -0.25) is 4.79 Å². The summed E-state index contributed by atoms with van der Waals surface area (Å²) in [5, 5.41) is 12.9. The van der Waals surface area contributed by atoms with Gasteiger partial charge in [0.25, 0.3) is 10.2 Å². The topological polar surface area (TPSA) is 113 Å². The number of aliphatic carboxylic acids is 1. The lowest BCUT2D eigenvalue weighted by atomic mass is 10.0. The smallest absolute Gasteiger partial charge is 0.307 e. The van der Waals surface area contributed by atoms with E-state index in [1.54, 1.807) is 6.92 Å². The zero-order valence-electron chi connectivity index (χ0n) is 13.6. The molecule has 0 spiro atoms. The number of hydrogen-bond acceptors (Lipinski definition) is 5. The van der Waals surface area contributed by atoms with E-state index in [4.69, 9.17) is 9.63 Å². The summed E-state index contributed by atoms with van der Waals surface area (Å²) < 4.78 is 33.6. The van der Waals surface area contributed by atoms with Gasteiger partial charge in [-0.2, -0.15) is 12.7 Å². The number of aromatic nitrogens is 1. The largest absolute Gasteiger partial charge is 0.481 e. The molecule has 9 heteroatoms. The normalized spacial score (nSPS) is 21.3. The number of carboxylic acid groups (broad SMARTS) is 1. The highest BCUT2D eigenvalue weighted by atomic mass is 32.2. The first-order valence-electron chi connectivity index (χ1n) is 7.62. The molecule has 8 nitrogen and oxygen atoms in total. The van der Waals surface area contributed by atoms with E-state index in [9.17, 15) is 13.2 Å². The predicted octanol–water partition coefficient (Wildman–Crippen LogP) is 1.03. The van der Waals surface area contributed by atoms with E-state index in [1.165, 1.54) is 4.31 Å². The van der Waals surface area contributed by atoms with Crippen LogP contribution in [0.25, 0.3) is 0 Å². The molecule has 0 bridgehead atoms. The Hall–Kier alpha value is -1.45. The monoisotopic (exact) mass is 345 g/mol. The van der Waals surface area contributed by atoms with Gasteiger partial charge in [0.1, 0.15) is 5.76 Å². The molecule has 130 valence electrons. The molecule has 2 rings (SSSR count). The minimum absolute atomic E-state index is 0.0182. The molecule has 0 saturated carbocycles. The molecule has 1 saturated heterocycles. The Balaban J connectivity index is 2.00. The van der Waals surface area contributed by atoms with Crippen LogP contribution in [0.15, 0.2) is 4.52 Å². The van der Waals surface area contributed by atoms with Crippen LogP contribution in [0.4, 0.5) is 0 Å². The maximum Gasteiger partial charge on any atom is 0.307 e. The van der Waals surface area contributed by atoms with E-state index in [-0.39, 0.29) is 19.0 Å². The van der Waals surface area contributed by atoms with Gasteiger partial charge in [-0.05, 0) is 26.7 Å². The maximum absolute atomic E-state index is 12.4. The average Bonchev–Trinajstić information content (AvgIpc) is 2.84. The maximum atomic E-state index is 12.4. The molecule has 0 aliphatic carbocycles. The lowest BCUT2D eigenvalue weighted by Gasteiger charge is -2.30. The van der Waals surface area contributed by atoms with E-state index >= 15 is 0 Å². The second kappa shape index (κ2) is 6.98. The van der Waals surface area contributed by atoms with Crippen molar-refractivity contribution in [3.05, 3.63) is 17.0 Å². The van der Waals surface area contributed by atoms with Gasteiger partial charge in [-0.15, -0.1) is 0 Å². The van der Waals surface area contributed by atoms with Crippen LogP contribution in [0.2, 0.25) is 0 Å². The van der Waals surface area contributed by atoms with Crippen LogP contribution in [0.1, 0.15) is 42.7 Å². The Kier molecular flexibility index (Phi) is 5.43.